The van der Waals surface area contributed by atoms with Crippen LogP contribution >= 0.6 is 0 Å². The molecule has 0 bridgehead atoms. The van der Waals surface area contributed by atoms with Gasteiger partial charge in [-0.05, 0) is 29.3 Å². The number of nitrogens with zero attached hydrogens (tertiary/aromatic N) is 1. The van der Waals surface area contributed by atoms with Gasteiger partial charge in [0.25, 0.3) is 5.69 Å². The molecular formula is C17H14FNO5. The molecule has 0 aliphatic heterocycles. The molecule has 0 saturated carbocycles. The number of ether oxygens (including phenoxy) is 2. The molecule has 0 unspecified atom stereocenters. The van der Waals surface area contributed by atoms with Crippen molar-refractivity contribution in [1.82, 2.24) is 0 Å². The van der Waals surface area contributed by atoms with Gasteiger partial charge in [0.1, 0.15) is 6.61 Å². The molecule has 0 aliphatic carbocycles. The van der Waals surface area contributed by atoms with Gasteiger partial charge in [0, 0.05) is 18.2 Å². The van der Waals surface area contributed by atoms with E-state index in [1.54, 1.807) is 12.1 Å². The molecule has 0 aromatic heterocycles. The number of benzene rings is 2. The van der Waals surface area contributed by atoms with Crippen LogP contribution in [0.15, 0.2) is 48.5 Å². The highest BCUT2D eigenvalue weighted by Crippen LogP contribution is 2.18. The number of halogens is 1. The molecule has 2 rings (SSSR count). The number of rotatable bonds is 6. The first-order valence-electron chi connectivity index (χ1n) is 6.91. The van der Waals surface area contributed by atoms with Crippen LogP contribution in [-0.4, -0.2) is 18.0 Å². The lowest BCUT2D eigenvalue weighted by Gasteiger charge is -2.05. The number of hydrogen-bond acceptors (Lipinski definition) is 5. The third-order valence-corrected chi connectivity index (χ3v) is 3.09. The molecule has 0 heterocycles. The Bertz CT molecular complexity index is 788. The van der Waals surface area contributed by atoms with Crippen LogP contribution < -0.4 is 4.74 Å². The summed E-state index contributed by atoms with van der Waals surface area (Å²) in [5.41, 5.74) is 0.904. The molecule has 0 atom stereocenters. The summed E-state index contributed by atoms with van der Waals surface area (Å²) >= 11 is 0. The maximum atomic E-state index is 13.5. The Kier molecular flexibility index (Phi) is 5.62. The normalized spacial score (nSPS) is 10.6. The Morgan fingerprint density at radius 2 is 2.08 bits per heavy atom. The first kappa shape index (κ1) is 17.1. The average molecular weight is 331 g/mol. The molecule has 0 radical (unpaired) electrons. The number of methoxy groups -OCH3 is 1. The quantitative estimate of drug-likeness (QED) is 0.350. The van der Waals surface area contributed by atoms with Gasteiger partial charge in [-0.25, -0.2) is 9.18 Å². The fourth-order valence-electron chi connectivity index (χ4n) is 1.91. The number of nitro benzene ring substituents is 1. The van der Waals surface area contributed by atoms with E-state index < -0.39 is 16.7 Å². The molecule has 0 saturated heterocycles. The number of carbonyl (C=O) groups is 1. The molecule has 0 fully saturated rings. The van der Waals surface area contributed by atoms with Crippen LogP contribution in [0.5, 0.6) is 5.75 Å². The van der Waals surface area contributed by atoms with Gasteiger partial charge in [-0.15, -0.1) is 0 Å². The Morgan fingerprint density at radius 1 is 1.29 bits per heavy atom. The minimum absolute atomic E-state index is 0.0702. The number of esters is 1. The summed E-state index contributed by atoms with van der Waals surface area (Å²) in [6.07, 6.45) is 2.56. The lowest BCUT2D eigenvalue weighted by atomic mass is 10.2. The van der Waals surface area contributed by atoms with E-state index in [0.717, 1.165) is 6.08 Å². The van der Waals surface area contributed by atoms with Gasteiger partial charge in [-0.3, -0.25) is 10.1 Å². The van der Waals surface area contributed by atoms with E-state index in [1.165, 1.54) is 43.5 Å². The standard InChI is InChI=1S/C17H14FNO5/c1-23-16-7-5-13(10-15(16)18)11-24-17(20)8-6-12-3-2-4-14(9-12)19(21)22/h2-10H,11H2,1H3. The first-order valence-corrected chi connectivity index (χ1v) is 6.91. The second kappa shape index (κ2) is 7.87. The fraction of sp³-hybridized carbons (Fsp3) is 0.118. The van der Waals surface area contributed by atoms with Crippen molar-refractivity contribution in [3.63, 3.8) is 0 Å². The summed E-state index contributed by atoms with van der Waals surface area (Å²) in [6.45, 7) is -0.0982. The summed E-state index contributed by atoms with van der Waals surface area (Å²) in [6, 6.07) is 10.1. The molecular weight excluding hydrogens is 317 g/mol. The van der Waals surface area contributed by atoms with Crippen LogP contribution in [-0.2, 0) is 16.1 Å². The lowest BCUT2D eigenvalue weighted by molar-refractivity contribution is -0.384. The molecule has 0 aliphatic rings. The second-order valence-corrected chi connectivity index (χ2v) is 4.76. The maximum Gasteiger partial charge on any atom is 0.331 e. The number of carbonyl (C=O) groups excluding carboxylic acids is 1. The largest absolute Gasteiger partial charge is 0.494 e. The van der Waals surface area contributed by atoms with Crippen molar-refractivity contribution in [3.8, 4) is 5.75 Å². The Hall–Kier alpha value is -3.22. The summed E-state index contributed by atoms with van der Waals surface area (Å²) in [5.74, 6) is -1.08. The Morgan fingerprint density at radius 3 is 2.75 bits per heavy atom. The van der Waals surface area contributed by atoms with Crippen molar-refractivity contribution in [1.29, 1.82) is 0 Å². The van der Waals surface area contributed by atoms with Crippen molar-refractivity contribution >= 4 is 17.7 Å². The number of non-ortho nitro benzene ring substituents is 1. The topological polar surface area (TPSA) is 78.7 Å². The summed E-state index contributed by atoms with van der Waals surface area (Å²) in [4.78, 5) is 21.8. The van der Waals surface area contributed by atoms with Gasteiger partial charge in [-0.1, -0.05) is 18.2 Å². The first-order chi connectivity index (χ1) is 11.5. The van der Waals surface area contributed by atoms with E-state index in [0.29, 0.717) is 11.1 Å². The van der Waals surface area contributed by atoms with Gasteiger partial charge >= 0.3 is 5.97 Å². The van der Waals surface area contributed by atoms with Crippen LogP contribution in [0.25, 0.3) is 6.08 Å². The van der Waals surface area contributed by atoms with Crippen LogP contribution in [0.1, 0.15) is 11.1 Å². The van der Waals surface area contributed by atoms with E-state index >= 15 is 0 Å². The molecule has 124 valence electrons. The van der Waals surface area contributed by atoms with Crippen molar-refractivity contribution in [2.45, 2.75) is 6.61 Å². The minimum Gasteiger partial charge on any atom is -0.494 e. The van der Waals surface area contributed by atoms with Crippen LogP contribution in [0, 0.1) is 15.9 Å². The monoisotopic (exact) mass is 331 g/mol. The van der Waals surface area contributed by atoms with Crippen molar-refractivity contribution < 1.29 is 23.6 Å². The van der Waals surface area contributed by atoms with E-state index in [1.807, 2.05) is 0 Å². The van der Waals surface area contributed by atoms with Gasteiger partial charge in [0.15, 0.2) is 11.6 Å². The van der Waals surface area contributed by atoms with Crippen LogP contribution in [0.3, 0.4) is 0 Å². The molecule has 2 aromatic carbocycles. The zero-order valence-corrected chi connectivity index (χ0v) is 12.8. The van der Waals surface area contributed by atoms with E-state index in [-0.39, 0.29) is 18.0 Å². The number of nitro groups is 1. The predicted octanol–water partition coefficient (Wildman–Crippen LogP) is 3.50. The SMILES string of the molecule is COc1ccc(COC(=O)C=Cc2cccc([N+](=O)[O-])c2)cc1F. The minimum atomic E-state index is -0.641. The Balaban J connectivity index is 1.94. The van der Waals surface area contributed by atoms with Gasteiger partial charge in [-0.2, -0.15) is 0 Å². The molecule has 6 nitrogen and oxygen atoms in total. The van der Waals surface area contributed by atoms with Crippen molar-refractivity contribution in [2.75, 3.05) is 7.11 Å². The predicted molar refractivity (Wildman–Crippen MR) is 84.9 cm³/mol. The van der Waals surface area contributed by atoms with Crippen molar-refractivity contribution in [3.05, 3.63) is 75.6 Å². The van der Waals surface area contributed by atoms with E-state index in [2.05, 4.69) is 0 Å². The highest BCUT2D eigenvalue weighted by molar-refractivity contribution is 5.87. The van der Waals surface area contributed by atoms with Crippen molar-refractivity contribution in [2.24, 2.45) is 0 Å². The molecule has 0 spiro atoms. The summed E-state index contributed by atoms with van der Waals surface area (Å²) in [5, 5.41) is 10.7. The van der Waals surface area contributed by atoms with Crippen LogP contribution in [0.4, 0.5) is 10.1 Å². The molecule has 2 aromatic rings. The average Bonchev–Trinajstić information content (AvgIpc) is 2.58. The second-order valence-electron chi connectivity index (χ2n) is 4.76. The molecule has 7 heteroatoms. The fourth-order valence-corrected chi connectivity index (χ4v) is 1.91. The smallest absolute Gasteiger partial charge is 0.331 e. The third kappa shape index (κ3) is 4.64. The van der Waals surface area contributed by atoms with Gasteiger partial charge < -0.3 is 9.47 Å². The molecule has 0 amide bonds. The zero-order valence-electron chi connectivity index (χ0n) is 12.8. The zero-order chi connectivity index (χ0) is 17.5. The molecule has 24 heavy (non-hydrogen) atoms. The number of hydrogen-bond donors (Lipinski definition) is 0. The Labute approximate surface area is 137 Å². The van der Waals surface area contributed by atoms with Gasteiger partial charge in [0.2, 0.25) is 0 Å². The summed E-state index contributed by atoms with van der Waals surface area (Å²) < 4.78 is 23.3. The van der Waals surface area contributed by atoms with Gasteiger partial charge in [0.05, 0.1) is 12.0 Å². The maximum absolute atomic E-state index is 13.5. The molecule has 0 N–H and O–H groups in total. The summed E-state index contributed by atoms with van der Waals surface area (Å²) in [7, 11) is 1.36. The third-order valence-electron chi connectivity index (χ3n) is 3.09. The van der Waals surface area contributed by atoms with Crippen LogP contribution in [0.2, 0.25) is 0 Å². The lowest BCUT2D eigenvalue weighted by Crippen LogP contribution is -2.01. The van der Waals surface area contributed by atoms with E-state index in [9.17, 15) is 19.3 Å². The highest BCUT2D eigenvalue weighted by atomic mass is 19.1. The van der Waals surface area contributed by atoms with E-state index in [4.69, 9.17) is 9.47 Å². The highest BCUT2D eigenvalue weighted by Gasteiger charge is 2.06.